The Morgan fingerprint density at radius 2 is 2.00 bits per heavy atom. The fraction of sp³-hybridized carbons (Fsp3) is 0.600. The van der Waals surface area contributed by atoms with Crippen LogP contribution in [0.3, 0.4) is 0 Å². The average Bonchev–Trinajstić information content (AvgIpc) is 3.09. The molecule has 0 bridgehead atoms. The lowest BCUT2D eigenvalue weighted by molar-refractivity contribution is -0.140. The van der Waals surface area contributed by atoms with Crippen molar-refractivity contribution in [2.24, 2.45) is 10.6 Å². The molecule has 1 N–H and O–H groups in total. The molecule has 0 radical (unpaired) electrons. The number of rotatable bonds is 6. The van der Waals surface area contributed by atoms with E-state index in [1.165, 1.54) is 5.56 Å². The summed E-state index contributed by atoms with van der Waals surface area (Å²) in [6.07, 6.45) is 3.86. The van der Waals surface area contributed by atoms with E-state index < -0.39 is 5.41 Å². The number of amides is 1. The minimum absolute atomic E-state index is 0.0400. The standard InChI is InChI=1S/C20H28N2O3/c1-3-10-21-19(23)20(8-11-24-12-9-20)14-17-13-18(22-25-17)16-6-4-15(2)5-7-16/h4-7,17H,3,8-14H2,1-2H3,(H,21,23). The first-order valence-electron chi connectivity index (χ1n) is 9.29. The zero-order chi connectivity index (χ0) is 17.7. The van der Waals surface area contributed by atoms with Crippen molar-refractivity contribution in [3.8, 4) is 0 Å². The van der Waals surface area contributed by atoms with Gasteiger partial charge in [0.1, 0.15) is 6.10 Å². The molecule has 2 heterocycles. The lowest BCUT2D eigenvalue weighted by Crippen LogP contribution is -2.46. The van der Waals surface area contributed by atoms with Crippen molar-refractivity contribution in [3.63, 3.8) is 0 Å². The summed E-state index contributed by atoms with van der Waals surface area (Å²) in [4.78, 5) is 18.5. The number of carbonyl (C=O) groups excluding carboxylic acids is 1. The van der Waals surface area contributed by atoms with Gasteiger partial charge in [-0.3, -0.25) is 4.79 Å². The van der Waals surface area contributed by atoms with Crippen molar-refractivity contribution in [3.05, 3.63) is 35.4 Å². The van der Waals surface area contributed by atoms with Gasteiger partial charge in [0.25, 0.3) is 0 Å². The molecule has 0 aliphatic carbocycles. The molecule has 2 aliphatic rings. The largest absolute Gasteiger partial charge is 0.392 e. The Hall–Kier alpha value is -1.88. The molecule has 25 heavy (non-hydrogen) atoms. The second kappa shape index (κ2) is 8.00. The number of aryl methyl sites for hydroxylation is 1. The monoisotopic (exact) mass is 344 g/mol. The maximum Gasteiger partial charge on any atom is 0.226 e. The molecule has 1 fully saturated rings. The Morgan fingerprint density at radius 1 is 1.28 bits per heavy atom. The summed E-state index contributed by atoms with van der Waals surface area (Å²) in [5, 5.41) is 7.37. The van der Waals surface area contributed by atoms with Crippen LogP contribution in [0.15, 0.2) is 29.4 Å². The maximum absolute atomic E-state index is 12.8. The number of hydrogen-bond donors (Lipinski definition) is 1. The highest BCUT2D eigenvalue weighted by Crippen LogP contribution is 2.38. The first-order valence-corrected chi connectivity index (χ1v) is 9.29. The van der Waals surface area contributed by atoms with Gasteiger partial charge in [0.15, 0.2) is 0 Å². The van der Waals surface area contributed by atoms with Crippen molar-refractivity contribution in [1.29, 1.82) is 0 Å². The minimum atomic E-state index is -0.393. The van der Waals surface area contributed by atoms with E-state index in [1.54, 1.807) is 0 Å². The summed E-state index contributed by atoms with van der Waals surface area (Å²) in [5.74, 6) is 0.144. The van der Waals surface area contributed by atoms with E-state index in [0.29, 0.717) is 19.6 Å². The molecule has 5 heteroatoms. The molecule has 1 aromatic carbocycles. The van der Waals surface area contributed by atoms with Crippen LogP contribution in [-0.2, 0) is 14.4 Å². The third kappa shape index (κ3) is 4.21. The third-order valence-corrected chi connectivity index (χ3v) is 5.20. The molecule has 1 saturated heterocycles. The van der Waals surface area contributed by atoms with Crippen molar-refractivity contribution in [2.45, 2.75) is 52.1 Å². The molecular formula is C20H28N2O3. The highest BCUT2D eigenvalue weighted by atomic mass is 16.6. The quantitative estimate of drug-likeness (QED) is 0.862. The number of nitrogens with zero attached hydrogens (tertiary/aromatic N) is 1. The highest BCUT2D eigenvalue weighted by Gasteiger charge is 2.43. The third-order valence-electron chi connectivity index (χ3n) is 5.20. The summed E-state index contributed by atoms with van der Waals surface area (Å²) < 4.78 is 5.50. The number of carbonyl (C=O) groups is 1. The van der Waals surface area contributed by atoms with Crippen molar-refractivity contribution in [1.82, 2.24) is 5.32 Å². The molecule has 0 spiro atoms. The van der Waals surface area contributed by atoms with Crippen LogP contribution in [-0.4, -0.2) is 37.5 Å². The van der Waals surface area contributed by atoms with Gasteiger partial charge in [-0.15, -0.1) is 0 Å². The smallest absolute Gasteiger partial charge is 0.226 e. The first kappa shape index (κ1) is 17.9. The second-order valence-electron chi connectivity index (χ2n) is 7.19. The number of ether oxygens (including phenoxy) is 1. The summed E-state index contributed by atoms with van der Waals surface area (Å²) in [6.45, 7) is 6.13. The van der Waals surface area contributed by atoms with Gasteiger partial charge in [-0.25, -0.2) is 0 Å². The molecule has 2 aliphatic heterocycles. The van der Waals surface area contributed by atoms with Gasteiger partial charge in [-0.1, -0.05) is 41.9 Å². The van der Waals surface area contributed by atoms with Crippen LogP contribution in [0.5, 0.6) is 0 Å². The first-order chi connectivity index (χ1) is 12.1. The van der Waals surface area contributed by atoms with Crippen LogP contribution in [0.25, 0.3) is 0 Å². The molecule has 0 aromatic heterocycles. The second-order valence-corrected chi connectivity index (χ2v) is 7.19. The van der Waals surface area contributed by atoms with Crippen molar-refractivity contribution < 1.29 is 14.4 Å². The van der Waals surface area contributed by atoms with Crippen LogP contribution < -0.4 is 5.32 Å². The Labute approximate surface area is 149 Å². The summed E-state index contributed by atoms with van der Waals surface area (Å²) in [6, 6.07) is 8.34. The molecule has 5 nitrogen and oxygen atoms in total. The van der Waals surface area contributed by atoms with Crippen molar-refractivity contribution in [2.75, 3.05) is 19.8 Å². The van der Waals surface area contributed by atoms with Gasteiger partial charge in [0.05, 0.1) is 11.1 Å². The normalized spacial score (nSPS) is 22.2. The van der Waals surface area contributed by atoms with Crippen LogP contribution in [0.2, 0.25) is 0 Å². The van der Waals surface area contributed by atoms with Gasteiger partial charge in [-0.05, 0) is 31.7 Å². The molecule has 1 aromatic rings. The van der Waals surface area contributed by atoms with Crippen LogP contribution in [0.4, 0.5) is 0 Å². The maximum atomic E-state index is 12.8. The van der Waals surface area contributed by atoms with E-state index in [1.807, 2.05) is 0 Å². The lowest BCUT2D eigenvalue weighted by Gasteiger charge is -2.36. The van der Waals surface area contributed by atoms with Crippen molar-refractivity contribution >= 4 is 11.6 Å². The van der Waals surface area contributed by atoms with Gasteiger partial charge >= 0.3 is 0 Å². The summed E-state index contributed by atoms with van der Waals surface area (Å²) in [5.41, 5.74) is 2.91. The minimum Gasteiger partial charge on any atom is -0.392 e. The van der Waals surface area contributed by atoms with Crippen LogP contribution >= 0.6 is 0 Å². The Balaban J connectivity index is 1.65. The number of oxime groups is 1. The summed E-state index contributed by atoms with van der Waals surface area (Å²) in [7, 11) is 0. The van der Waals surface area contributed by atoms with Gasteiger partial charge in [0, 0.05) is 32.6 Å². The van der Waals surface area contributed by atoms with E-state index in [2.05, 4.69) is 48.6 Å². The van der Waals surface area contributed by atoms with E-state index in [-0.39, 0.29) is 12.0 Å². The van der Waals surface area contributed by atoms with Crippen LogP contribution in [0.1, 0.15) is 50.2 Å². The van der Waals surface area contributed by atoms with Crippen LogP contribution in [0, 0.1) is 12.3 Å². The Bertz CT molecular complexity index is 618. The predicted octanol–water partition coefficient (Wildman–Crippen LogP) is 3.20. The highest BCUT2D eigenvalue weighted by molar-refractivity contribution is 6.01. The lowest BCUT2D eigenvalue weighted by atomic mass is 9.74. The van der Waals surface area contributed by atoms with E-state index in [9.17, 15) is 4.79 Å². The van der Waals surface area contributed by atoms with Gasteiger partial charge in [-0.2, -0.15) is 0 Å². The number of benzene rings is 1. The molecule has 0 saturated carbocycles. The Morgan fingerprint density at radius 3 is 2.68 bits per heavy atom. The molecule has 1 unspecified atom stereocenters. The molecule has 3 rings (SSSR count). The fourth-order valence-corrected chi connectivity index (χ4v) is 3.60. The zero-order valence-corrected chi connectivity index (χ0v) is 15.2. The number of hydrogen-bond acceptors (Lipinski definition) is 4. The molecular weight excluding hydrogens is 316 g/mol. The van der Waals surface area contributed by atoms with Gasteiger partial charge in [0.2, 0.25) is 5.91 Å². The predicted molar refractivity (Wildman–Crippen MR) is 97.6 cm³/mol. The Kier molecular flexibility index (Phi) is 5.74. The molecule has 1 amide bonds. The SMILES string of the molecule is CCCNC(=O)C1(CC2CC(c3ccc(C)cc3)=NO2)CCOCC1. The number of nitrogens with one attached hydrogen (secondary N) is 1. The zero-order valence-electron chi connectivity index (χ0n) is 15.2. The van der Waals surface area contributed by atoms with E-state index in [0.717, 1.165) is 43.5 Å². The average molecular weight is 344 g/mol. The topological polar surface area (TPSA) is 59.9 Å². The molecule has 1 atom stereocenters. The summed E-state index contributed by atoms with van der Waals surface area (Å²) >= 11 is 0. The molecule has 136 valence electrons. The fourth-order valence-electron chi connectivity index (χ4n) is 3.60. The van der Waals surface area contributed by atoms with E-state index in [4.69, 9.17) is 9.57 Å². The van der Waals surface area contributed by atoms with Gasteiger partial charge < -0.3 is 14.9 Å². The van der Waals surface area contributed by atoms with E-state index >= 15 is 0 Å².